The van der Waals surface area contributed by atoms with Gasteiger partial charge in [-0.1, -0.05) is 24.3 Å². The Kier molecular flexibility index (Phi) is 4.57. The molecule has 0 radical (unpaired) electrons. The minimum absolute atomic E-state index is 0.305. The lowest BCUT2D eigenvalue weighted by Crippen LogP contribution is -2.03. The fourth-order valence-corrected chi connectivity index (χ4v) is 1.16. The van der Waals surface area contributed by atoms with Crippen LogP contribution in [-0.4, -0.2) is 26.7 Å². The highest BCUT2D eigenvalue weighted by Crippen LogP contribution is 2.06. The first-order valence-corrected chi connectivity index (χ1v) is 4.77. The van der Waals surface area contributed by atoms with Gasteiger partial charge in [0.1, 0.15) is 0 Å². The second-order valence-electron chi connectivity index (χ2n) is 3.07. The first-order valence-electron chi connectivity index (χ1n) is 4.77. The SMILES string of the molecule is CNCC=Cc1ccc(C(=O)OC)cc1. The molecule has 0 bridgehead atoms. The summed E-state index contributed by atoms with van der Waals surface area (Å²) in [5, 5.41) is 3.02. The lowest BCUT2D eigenvalue weighted by molar-refractivity contribution is 0.0601. The molecule has 1 rings (SSSR count). The number of nitrogens with one attached hydrogen (secondary N) is 1. The molecule has 0 spiro atoms. The fourth-order valence-electron chi connectivity index (χ4n) is 1.16. The summed E-state index contributed by atoms with van der Waals surface area (Å²) in [6.07, 6.45) is 4.02. The molecule has 0 heterocycles. The molecule has 0 aliphatic rings. The zero-order chi connectivity index (χ0) is 11.1. The number of benzene rings is 1. The summed E-state index contributed by atoms with van der Waals surface area (Å²) in [6, 6.07) is 7.28. The molecule has 1 N–H and O–H groups in total. The van der Waals surface area contributed by atoms with Crippen LogP contribution in [0.15, 0.2) is 30.3 Å². The van der Waals surface area contributed by atoms with Crippen molar-refractivity contribution in [3.05, 3.63) is 41.5 Å². The van der Waals surface area contributed by atoms with Gasteiger partial charge in [-0.25, -0.2) is 4.79 Å². The summed E-state index contributed by atoms with van der Waals surface area (Å²) < 4.78 is 4.61. The van der Waals surface area contributed by atoms with E-state index >= 15 is 0 Å². The Balaban J connectivity index is 2.68. The molecule has 0 saturated heterocycles. The van der Waals surface area contributed by atoms with E-state index in [1.54, 1.807) is 12.1 Å². The number of methoxy groups -OCH3 is 1. The zero-order valence-corrected chi connectivity index (χ0v) is 8.99. The third kappa shape index (κ3) is 3.56. The van der Waals surface area contributed by atoms with Gasteiger partial charge in [-0.15, -0.1) is 0 Å². The molecule has 1 aromatic rings. The lowest BCUT2D eigenvalue weighted by atomic mass is 10.1. The van der Waals surface area contributed by atoms with Crippen LogP contribution in [0.4, 0.5) is 0 Å². The van der Waals surface area contributed by atoms with Gasteiger partial charge >= 0.3 is 5.97 Å². The van der Waals surface area contributed by atoms with E-state index in [2.05, 4.69) is 10.1 Å². The Labute approximate surface area is 89.8 Å². The van der Waals surface area contributed by atoms with Crippen LogP contribution in [0.25, 0.3) is 6.08 Å². The molecule has 0 atom stereocenters. The molecular formula is C12H15NO2. The van der Waals surface area contributed by atoms with E-state index in [1.165, 1.54) is 7.11 Å². The quantitative estimate of drug-likeness (QED) is 0.760. The van der Waals surface area contributed by atoms with Gasteiger partial charge < -0.3 is 10.1 Å². The molecular weight excluding hydrogens is 190 g/mol. The van der Waals surface area contributed by atoms with Gasteiger partial charge in [-0.3, -0.25) is 0 Å². The average molecular weight is 205 g/mol. The highest BCUT2D eigenvalue weighted by molar-refractivity contribution is 5.89. The van der Waals surface area contributed by atoms with Crippen molar-refractivity contribution in [1.29, 1.82) is 0 Å². The van der Waals surface area contributed by atoms with Crippen LogP contribution in [0.5, 0.6) is 0 Å². The van der Waals surface area contributed by atoms with E-state index in [9.17, 15) is 4.79 Å². The number of carbonyl (C=O) groups excluding carboxylic acids is 1. The van der Waals surface area contributed by atoms with Crippen molar-refractivity contribution in [1.82, 2.24) is 5.32 Å². The highest BCUT2D eigenvalue weighted by Gasteiger charge is 2.02. The molecule has 0 aromatic heterocycles. The minimum Gasteiger partial charge on any atom is -0.465 e. The van der Waals surface area contributed by atoms with Gasteiger partial charge in [-0.2, -0.15) is 0 Å². The third-order valence-electron chi connectivity index (χ3n) is 1.96. The maximum atomic E-state index is 11.1. The molecule has 15 heavy (non-hydrogen) atoms. The number of esters is 1. The fraction of sp³-hybridized carbons (Fsp3) is 0.250. The minimum atomic E-state index is -0.305. The third-order valence-corrected chi connectivity index (χ3v) is 1.96. The summed E-state index contributed by atoms with van der Waals surface area (Å²) in [7, 11) is 3.27. The van der Waals surface area contributed by atoms with Crippen molar-refractivity contribution in [2.24, 2.45) is 0 Å². The van der Waals surface area contributed by atoms with E-state index < -0.39 is 0 Å². The second kappa shape index (κ2) is 5.98. The van der Waals surface area contributed by atoms with Crippen LogP contribution in [0, 0.1) is 0 Å². The maximum Gasteiger partial charge on any atom is 0.337 e. The Morgan fingerprint density at radius 1 is 1.40 bits per heavy atom. The topological polar surface area (TPSA) is 38.3 Å². The van der Waals surface area contributed by atoms with E-state index in [0.717, 1.165) is 12.1 Å². The van der Waals surface area contributed by atoms with Crippen molar-refractivity contribution in [3.8, 4) is 0 Å². The van der Waals surface area contributed by atoms with Crippen molar-refractivity contribution >= 4 is 12.0 Å². The standard InChI is InChI=1S/C12H15NO2/c1-13-9-3-4-10-5-7-11(8-6-10)12(14)15-2/h3-8,13H,9H2,1-2H3. The number of carbonyl (C=O) groups is 1. The van der Waals surface area contributed by atoms with Gasteiger partial charge in [0.25, 0.3) is 0 Å². The largest absolute Gasteiger partial charge is 0.465 e. The smallest absolute Gasteiger partial charge is 0.337 e. The Bertz CT molecular complexity index is 341. The zero-order valence-electron chi connectivity index (χ0n) is 8.99. The summed E-state index contributed by atoms with van der Waals surface area (Å²) in [6.45, 7) is 0.832. The number of hydrogen-bond acceptors (Lipinski definition) is 3. The molecule has 80 valence electrons. The summed E-state index contributed by atoms with van der Waals surface area (Å²) in [5.74, 6) is -0.305. The molecule has 0 aliphatic heterocycles. The summed E-state index contributed by atoms with van der Waals surface area (Å²) in [5.41, 5.74) is 1.64. The summed E-state index contributed by atoms with van der Waals surface area (Å²) >= 11 is 0. The number of hydrogen-bond donors (Lipinski definition) is 1. The Morgan fingerprint density at radius 2 is 2.07 bits per heavy atom. The van der Waals surface area contributed by atoms with E-state index in [1.807, 2.05) is 31.3 Å². The van der Waals surface area contributed by atoms with Crippen molar-refractivity contribution < 1.29 is 9.53 Å². The molecule has 0 aliphatic carbocycles. The van der Waals surface area contributed by atoms with Crippen LogP contribution >= 0.6 is 0 Å². The first kappa shape index (κ1) is 11.5. The lowest BCUT2D eigenvalue weighted by Gasteiger charge is -1.99. The highest BCUT2D eigenvalue weighted by atomic mass is 16.5. The van der Waals surface area contributed by atoms with Crippen LogP contribution in [-0.2, 0) is 4.74 Å². The van der Waals surface area contributed by atoms with E-state index in [0.29, 0.717) is 5.56 Å². The van der Waals surface area contributed by atoms with Crippen molar-refractivity contribution in [2.75, 3.05) is 20.7 Å². The van der Waals surface area contributed by atoms with Gasteiger partial charge in [-0.05, 0) is 24.7 Å². The monoisotopic (exact) mass is 205 g/mol. The Morgan fingerprint density at radius 3 is 2.60 bits per heavy atom. The summed E-state index contributed by atoms with van der Waals surface area (Å²) in [4.78, 5) is 11.1. The van der Waals surface area contributed by atoms with E-state index in [-0.39, 0.29) is 5.97 Å². The predicted octanol–water partition coefficient (Wildman–Crippen LogP) is 1.71. The second-order valence-corrected chi connectivity index (χ2v) is 3.07. The van der Waals surface area contributed by atoms with Crippen LogP contribution < -0.4 is 5.32 Å². The molecule has 0 amide bonds. The number of likely N-dealkylation sites (N-methyl/N-ethyl adjacent to an activating group) is 1. The molecule has 0 saturated carbocycles. The van der Waals surface area contributed by atoms with Gasteiger partial charge in [0.15, 0.2) is 0 Å². The molecule has 3 nitrogen and oxygen atoms in total. The maximum absolute atomic E-state index is 11.1. The number of rotatable bonds is 4. The molecule has 0 fully saturated rings. The molecule has 3 heteroatoms. The van der Waals surface area contributed by atoms with Gasteiger partial charge in [0.2, 0.25) is 0 Å². The van der Waals surface area contributed by atoms with Crippen molar-refractivity contribution in [3.63, 3.8) is 0 Å². The van der Waals surface area contributed by atoms with Gasteiger partial charge in [0.05, 0.1) is 12.7 Å². The normalized spacial score (nSPS) is 10.5. The van der Waals surface area contributed by atoms with Crippen LogP contribution in [0.3, 0.4) is 0 Å². The average Bonchev–Trinajstić information content (AvgIpc) is 2.29. The van der Waals surface area contributed by atoms with Crippen LogP contribution in [0.2, 0.25) is 0 Å². The Hall–Kier alpha value is -1.61. The van der Waals surface area contributed by atoms with Gasteiger partial charge in [0, 0.05) is 6.54 Å². The number of ether oxygens (including phenoxy) is 1. The molecule has 0 unspecified atom stereocenters. The first-order chi connectivity index (χ1) is 7.27. The van der Waals surface area contributed by atoms with Crippen LogP contribution in [0.1, 0.15) is 15.9 Å². The van der Waals surface area contributed by atoms with E-state index in [4.69, 9.17) is 0 Å². The molecule has 1 aromatic carbocycles. The van der Waals surface area contributed by atoms with Crippen molar-refractivity contribution in [2.45, 2.75) is 0 Å². The predicted molar refractivity (Wildman–Crippen MR) is 60.7 cm³/mol.